The molecule has 2 nitrogen and oxygen atoms in total. The molecule has 1 heterocycles. The molecule has 1 saturated heterocycles. The third kappa shape index (κ3) is 3.76. The van der Waals surface area contributed by atoms with E-state index < -0.39 is 0 Å². The van der Waals surface area contributed by atoms with E-state index in [1.165, 1.54) is 30.6 Å². The lowest BCUT2D eigenvalue weighted by atomic mass is 9.91. The van der Waals surface area contributed by atoms with Crippen molar-refractivity contribution in [3.63, 3.8) is 0 Å². The van der Waals surface area contributed by atoms with E-state index in [0.29, 0.717) is 6.04 Å². The third-order valence-corrected chi connectivity index (χ3v) is 4.48. The summed E-state index contributed by atoms with van der Waals surface area (Å²) < 4.78 is 0. The second kappa shape index (κ2) is 6.17. The maximum absolute atomic E-state index is 3.62. The summed E-state index contributed by atoms with van der Waals surface area (Å²) in [5, 5.41) is 3.62. The molecule has 20 heavy (non-hydrogen) atoms. The van der Waals surface area contributed by atoms with Crippen molar-refractivity contribution in [3.05, 3.63) is 29.8 Å². The van der Waals surface area contributed by atoms with Crippen LogP contribution in [-0.4, -0.2) is 18.1 Å². The van der Waals surface area contributed by atoms with E-state index in [9.17, 15) is 0 Å². The maximum Gasteiger partial charge on any atom is 0.0414 e. The van der Waals surface area contributed by atoms with Crippen LogP contribution in [0.5, 0.6) is 0 Å². The van der Waals surface area contributed by atoms with Gasteiger partial charge in [0.1, 0.15) is 0 Å². The van der Waals surface area contributed by atoms with Crippen molar-refractivity contribution in [3.8, 4) is 0 Å². The minimum atomic E-state index is 0.161. The van der Waals surface area contributed by atoms with E-state index >= 15 is 0 Å². The largest absolute Gasteiger partial charge is 0.368 e. The number of hydrogen-bond acceptors (Lipinski definition) is 2. The molecule has 2 heteroatoms. The van der Waals surface area contributed by atoms with Gasteiger partial charge in [-0.2, -0.15) is 0 Å². The van der Waals surface area contributed by atoms with Gasteiger partial charge < -0.3 is 10.2 Å². The summed E-state index contributed by atoms with van der Waals surface area (Å²) in [5.74, 6) is 0.785. The fraction of sp³-hybridized carbons (Fsp3) is 0.667. The molecule has 1 aliphatic rings. The predicted molar refractivity (Wildman–Crippen MR) is 88.2 cm³/mol. The summed E-state index contributed by atoms with van der Waals surface area (Å²) in [6.07, 6.45) is 2.67. The molecular weight excluding hydrogens is 244 g/mol. The van der Waals surface area contributed by atoms with Crippen LogP contribution in [0.4, 0.5) is 5.69 Å². The van der Waals surface area contributed by atoms with Gasteiger partial charge in [-0.3, -0.25) is 0 Å². The number of hydrogen-bond donors (Lipinski definition) is 1. The lowest BCUT2D eigenvalue weighted by Gasteiger charge is -2.40. The van der Waals surface area contributed by atoms with Gasteiger partial charge in [-0.15, -0.1) is 0 Å². The van der Waals surface area contributed by atoms with Crippen LogP contribution < -0.4 is 10.2 Å². The van der Waals surface area contributed by atoms with Crippen LogP contribution in [0, 0.1) is 5.92 Å². The smallest absolute Gasteiger partial charge is 0.0414 e. The number of benzene rings is 1. The molecule has 1 aromatic carbocycles. The number of anilines is 1. The SMILES string of the molecule is CC1CCCN(c2ccccc2CNC(C)(C)C)C1C. The summed E-state index contributed by atoms with van der Waals surface area (Å²) in [7, 11) is 0. The van der Waals surface area contributed by atoms with Crippen molar-refractivity contribution in [2.24, 2.45) is 5.92 Å². The Kier molecular flexibility index (Phi) is 4.74. The molecule has 1 N–H and O–H groups in total. The number of para-hydroxylation sites is 1. The van der Waals surface area contributed by atoms with E-state index in [-0.39, 0.29) is 5.54 Å². The Hall–Kier alpha value is -1.02. The Balaban J connectivity index is 2.18. The first-order valence-electron chi connectivity index (χ1n) is 7.98. The summed E-state index contributed by atoms with van der Waals surface area (Å²) in [5.41, 5.74) is 3.00. The molecule has 0 aromatic heterocycles. The fourth-order valence-corrected chi connectivity index (χ4v) is 2.98. The van der Waals surface area contributed by atoms with Gasteiger partial charge in [-0.05, 0) is 58.1 Å². The van der Waals surface area contributed by atoms with Gasteiger partial charge in [0.2, 0.25) is 0 Å². The Morgan fingerprint density at radius 3 is 2.60 bits per heavy atom. The highest BCUT2D eigenvalue weighted by atomic mass is 15.2. The zero-order chi connectivity index (χ0) is 14.8. The molecule has 2 unspecified atom stereocenters. The van der Waals surface area contributed by atoms with Gasteiger partial charge in [0.25, 0.3) is 0 Å². The number of nitrogens with zero attached hydrogens (tertiary/aromatic N) is 1. The van der Waals surface area contributed by atoms with E-state index in [1.807, 2.05) is 0 Å². The second-order valence-electron chi connectivity index (χ2n) is 7.29. The standard InChI is InChI=1S/C18H30N2/c1-14-9-8-12-20(15(14)2)17-11-7-6-10-16(17)13-19-18(3,4)5/h6-7,10-11,14-15,19H,8-9,12-13H2,1-5H3. The van der Waals surface area contributed by atoms with E-state index in [4.69, 9.17) is 0 Å². The van der Waals surface area contributed by atoms with Gasteiger partial charge in [-0.1, -0.05) is 25.1 Å². The molecule has 1 aromatic rings. The van der Waals surface area contributed by atoms with Gasteiger partial charge >= 0.3 is 0 Å². The first-order chi connectivity index (χ1) is 9.38. The minimum absolute atomic E-state index is 0.161. The zero-order valence-electron chi connectivity index (χ0n) is 13.7. The maximum atomic E-state index is 3.62. The third-order valence-electron chi connectivity index (χ3n) is 4.48. The summed E-state index contributed by atoms with van der Waals surface area (Å²) in [6.45, 7) is 13.6. The van der Waals surface area contributed by atoms with Crippen LogP contribution in [0.25, 0.3) is 0 Å². The lowest BCUT2D eigenvalue weighted by molar-refractivity contribution is 0.362. The van der Waals surface area contributed by atoms with Crippen molar-refractivity contribution in [1.29, 1.82) is 0 Å². The van der Waals surface area contributed by atoms with Crippen LogP contribution in [0.3, 0.4) is 0 Å². The van der Waals surface area contributed by atoms with Crippen molar-refractivity contribution < 1.29 is 0 Å². The number of rotatable bonds is 3. The topological polar surface area (TPSA) is 15.3 Å². The van der Waals surface area contributed by atoms with Gasteiger partial charge in [-0.25, -0.2) is 0 Å². The van der Waals surface area contributed by atoms with Gasteiger partial charge in [0.15, 0.2) is 0 Å². The molecule has 1 aliphatic heterocycles. The van der Waals surface area contributed by atoms with Crippen LogP contribution in [0.15, 0.2) is 24.3 Å². The normalized spacial score (nSPS) is 23.9. The summed E-state index contributed by atoms with van der Waals surface area (Å²) >= 11 is 0. The molecule has 0 radical (unpaired) electrons. The molecule has 0 saturated carbocycles. The highest BCUT2D eigenvalue weighted by molar-refractivity contribution is 5.54. The zero-order valence-corrected chi connectivity index (χ0v) is 13.7. The molecule has 0 bridgehead atoms. The molecular formula is C18H30N2. The Morgan fingerprint density at radius 1 is 1.20 bits per heavy atom. The average molecular weight is 274 g/mol. The fourth-order valence-electron chi connectivity index (χ4n) is 2.98. The molecule has 0 amide bonds. The van der Waals surface area contributed by atoms with Crippen LogP contribution in [0.2, 0.25) is 0 Å². The Labute approximate surface area is 124 Å². The monoisotopic (exact) mass is 274 g/mol. The minimum Gasteiger partial charge on any atom is -0.368 e. The summed E-state index contributed by atoms with van der Waals surface area (Å²) in [6, 6.07) is 9.51. The van der Waals surface area contributed by atoms with Crippen LogP contribution in [0.1, 0.15) is 53.0 Å². The highest BCUT2D eigenvalue weighted by Crippen LogP contribution is 2.30. The molecule has 0 aliphatic carbocycles. The van der Waals surface area contributed by atoms with E-state index in [1.54, 1.807) is 0 Å². The predicted octanol–water partition coefficient (Wildman–Crippen LogP) is 4.20. The highest BCUT2D eigenvalue weighted by Gasteiger charge is 2.26. The van der Waals surface area contributed by atoms with Gasteiger partial charge in [0, 0.05) is 30.4 Å². The van der Waals surface area contributed by atoms with Crippen LogP contribution in [-0.2, 0) is 6.54 Å². The van der Waals surface area contributed by atoms with Crippen molar-refractivity contribution in [2.75, 3.05) is 11.4 Å². The van der Waals surface area contributed by atoms with Crippen molar-refractivity contribution in [2.45, 2.75) is 65.6 Å². The van der Waals surface area contributed by atoms with E-state index in [0.717, 1.165) is 12.5 Å². The quantitative estimate of drug-likeness (QED) is 0.888. The Morgan fingerprint density at radius 2 is 1.90 bits per heavy atom. The molecule has 1 fully saturated rings. The second-order valence-corrected chi connectivity index (χ2v) is 7.29. The first kappa shape index (κ1) is 15.4. The molecule has 112 valence electrons. The van der Waals surface area contributed by atoms with Crippen molar-refractivity contribution in [1.82, 2.24) is 5.32 Å². The molecule has 0 spiro atoms. The lowest BCUT2D eigenvalue weighted by Crippen LogP contribution is -2.43. The first-order valence-corrected chi connectivity index (χ1v) is 7.98. The van der Waals surface area contributed by atoms with Gasteiger partial charge in [0.05, 0.1) is 0 Å². The summed E-state index contributed by atoms with van der Waals surface area (Å²) in [4.78, 5) is 2.60. The number of nitrogens with one attached hydrogen (secondary N) is 1. The Bertz CT molecular complexity index is 433. The van der Waals surface area contributed by atoms with E-state index in [2.05, 4.69) is 69.1 Å². The number of piperidine rings is 1. The molecule has 2 rings (SSSR count). The molecule has 2 atom stereocenters. The average Bonchev–Trinajstić information content (AvgIpc) is 2.39. The van der Waals surface area contributed by atoms with Crippen LogP contribution >= 0.6 is 0 Å². The van der Waals surface area contributed by atoms with Crippen molar-refractivity contribution >= 4 is 5.69 Å².